The lowest BCUT2D eigenvalue weighted by atomic mass is 10.0. The Labute approximate surface area is 123 Å². The molecule has 1 aliphatic rings. The van der Waals surface area contributed by atoms with Gasteiger partial charge in [-0.05, 0) is 64.4 Å². The summed E-state index contributed by atoms with van der Waals surface area (Å²) >= 11 is 3.51. The topological polar surface area (TPSA) is 32.3 Å². The van der Waals surface area contributed by atoms with Crippen LogP contribution in [0.4, 0.5) is 5.69 Å². The maximum atomic E-state index is 12.7. The quantitative estimate of drug-likeness (QED) is 0.860. The lowest BCUT2D eigenvalue weighted by Crippen LogP contribution is -2.53. The van der Waals surface area contributed by atoms with Gasteiger partial charge in [-0.15, -0.1) is 0 Å². The standard InChI is InChI=1S/C15H21BrN2O/c1-10-9-12(5-6-13(10)16)18-11(2)7-8-17-15(3,4)14(18)19/h5-6,9,11,17H,7-8H2,1-4H3. The second-order valence-electron chi connectivity index (χ2n) is 5.80. The predicted molar refractivity (Wildman–Crippen MR) is 82.5 cm³/mol. The predicted octanol–water partition coefficient (Wildman–Crippen LogP) is 3.25. The van der Waals surface area contributed by atoms with E-state index in [1.807, 2.05) is 37.8 Å². The number of carbonyl (C=O) groups is 1. The van der Waals surface area contributed by atoms with Crippen molar-refractivity contribution in [2.45, 2.75) is 45.7 Å². The summed E-state index contributed by atoms with van der Waals surface area (Å²) in [6.45, 7) is 8.92. The molecule has 0 bridgehead atoms. The second-order valence-corrected chi connectivity index (χ2v) is 6.65. The SMILES string of the molecule is Cc1cc(N2C(=O)C(C)(C)NCCC2C)ccc1Br. The maximum absolute atomic E-state index is 12.7. The minimum atomic E-state index is -0.508. The summed E-state index contributed by atoms with van der Waals surface area (Å²) in [5.41, 5.74) is 1.62. The van der Waals surface area contributed by atoms with Crippen LogP contribution >= 0.6 is 15.9 Å². The summed E-state index contributed by atoms with van der Waals surface area (Å²) in [4.78, 5) is 14.7. The van der Waals surface area contributed by atoms with Crippen LogP contribution in [0.5, 0.6) is 0 Å². The zero-order valence-electron chi connectivity index (χ0n) is 12.0. The number of hydrogen-bond acceptors (Lipinski definition) is 2. The Balaban J connectivity index is 2.43. The summed E-state index contributed by atoms with van der Waals surface area (Å²) in [6.07, 6.45) is 0.963. The van der Waals surface area contributed by atoms with E-state index in [2.05, 4.69) is 34.2 Å². The lowest BCUT2D eigenvalue weighted by molar-refractivity contribution is -0.123. The van der Waals surface area contributed by atoms with E-state index in [-0.39, 0.29) is 11.9 Å². The molecule has 1 aromatic rings. The van der Waals surface area contributed by atoms with Crippen molar-refractivity contribution in [2.24, 2.45) is 0 Å². The molecule has 1 atom stereocenters. The number of anilines is 1. The van der Waals surface area contributed by atoms with E-state index >= 15 is 0 Å². The molecule has 19 heavy (non-hydrogen) atoms. The van der Waals surface area contributed by atoms with Gasteiger partial charge >= 0.3 is 0 Å². The van der Waals surface area contributed by atoms with Crippen molar-refractivity contribution in [3.05, 3.63) is 28.2 Å². The summed E-state index contributed by atoms with van der Waals surface area (Å²) < 4.78 is 1.07. The van der Waals surface area contributed by atoms with Crippen LogP contribution in [-0.4, -0.2) is 24.0 Å². The number of carbonyl (C=O) groups excluding carboxylic acids is 1. The Morgan fingerprint density at radius 3 is 2.74 bits per heavy atom. The van der Waals surface area contributed by atoms with Gasteiger partial charge in [0.2, 0.25) is 5.91 Å². The van der Waals surface area contributed by atoms with Crippen molar-refractivity contribution in [3.63, 3.8) is 0 Å². The molecule has 1 N–H and O–H groups in total. The molecule has 0 spiro atoms. The van der Waals surface area contributed by atoms with Crippen molar-refractivity contribution < 1.29 is 4.79 Å². The highest BCUT2D eigenvalue weighted by Crippen LogP contribution is 2.28. The Bertz CT molecular complexity index is 499. The number of benzene rings is 1. The van der Waals surface area contributed by atoms with Gasteiger partial charge in [-0.1, -0.05) is 15.9 Å². The van der Waals surface area contributed by atoms with E-state index < -0.39 is 5.54 Å². The molecule has 104 valence electrons. The first-order valence-corrected chi connectivity index (χ1v) is 7.47. The molecule has 1 unspecified atom stereocenters. The van der Waals surface area contributed by atoms with Gasteiger partial charge in [-0.25, -0.2) is 0 Å². The third kappa shape index (κ3) is 2.84. The molecule has 1 fully saturated rings. The first-order valence-electron chi connectivity index (χ1n) is 6.68. The maximum Gasteiger partial charge on any atom is 0.246 e. The monoisotopic (exact) mass is 324 g/mol. The van der Waals surface area contributed by atoms with Crippen molar-refractivity contribution in [2.75, 3.05) is 11.4 Å². The fraction of sp³-hybridized carbons (Fsp3) is 0.533. The molecule has 1 aromatic carbocycles. The molecule has 1 amide bonds. The highest BCUT2D eigenvalue weighted by atomic mass is 79.9. The fourth-order valence-corrected chi connectivity index (χ4v) is 2.70. The van der Waals surface area contributed by atoms with Gasteiger partial charge in [0, 0.05) is 16.2 Å². The Morgan fingerprint density at radius 1 is 1.42 bits per heavy atom. The van der Waals surface area contributed by atoms with Gasteiger partial charge < -0.3 is 10.2 Å². The van der Waals surface area contributed by atoms with Crippen molar-refractivity contribution >= 4 is 27.5 Å². The van der Waals surface area contributed by atoms with Crippen LogP contribution in [0.15, 0.2) is 22.7 Å². The number of amides is 1. The lowest BCUT2D eigenvalue weighted by Gasteiger charge is -2.32. The first kappa shape index (κ1) is 14.5. The molecule has 3 nitrogen and oxygen atoms in total. The minimum Gasteiger partial charge on any atom is -0.308 e. The van der Waals surface area contributed by atoms with Gasteiger partial charge in [0.1, 0.15) is 0 Å². The summed E-state index contributed by atoms with van der Waals surface area (Å²) in [6, 6.07) is 6.30. The van der Waals surface area contributed by atoms with Crippen LogP contribution in [0.25, 0.3) is 0 Å². The van der Waals surface area contributed by atoms with E-state index in [4.69, 9.17) is 0 Å². The average Bonchev–Trinajstić information content (AvgIpc) is 2.42. The zero-order valence-corrected chi connectivity index (χ0v) is 13.5. The van der Waals surface area contributed by atoms with E-state index in [0.717, 1.165) is 28.7 Å². The van der Waals surface area contributed by atoms with Crippen molar-refractivity contribution in [3.8, 4) is 0 Å². The van der Waals surface area contributed by atoms with Crippen LogP contribution in [0.1, 0.15) is 32.8 Å². The van der Waals surface area contributed by atoms with Gasteiger partial charge in [0.15, 0.2) is 0 Å². The van der Waals surface area contributed by atoms with Crippen LogP contribution < -0.4 is 10.2 Å². The van der Waals surface area contributed by atoms with E-state index in [1.165, 1.54) is 0 Å². The highest BCUT2D eigenvalue weighted by molar-refractivity contribution is 9.10. The van der Waals surface area contributed by atoms with E-state index in [0.29, 0.717) is 0 Å². The molecule has 0 aromatic heterocycles. The fourth-order valence-electron chi connectivity index (χ4n) is 2.45. The van der Waals surface area contributed by atoms with Gasteiger partial charge in [-0.3, -0.25) is 4.79 Å². The molecular weight excluding hydrogens is 304 g/mol. The normalized spacial score (nSPS) is 23.3. The number of hydrogen-bond donors (Lipinski definition) is 1. The molecule has 1 heterocycles. The molecule has 1 aliphatic heterocycles. The number of halogens is 1. The van der Waals surface area contributed by atoms with E-state index in [1.54, 1.807) is 0 Å². The number of rotatable bonds is 1. The molecule has 0 radical (unpaired) electrons. The molecule has 1 saturated heterocycles. The zero-order chi connectivity index (χ0) is 14.2. The Morgan fingerprint density at radius 2 is 2.11 bits per heavy atom. The van der Waals surface area contributed by atoms with Gasteiger partial charge in [-0.2, -0.15) is 0 Å². The summed E-state index contributed by atoms with van der Waals surface area (Å²) in [5.74, 6) is 0.138. The first-order chi connectivity index (χ1) is 8.83. The van der Waals surface area contributed by atoms with Crippen LogP contribution in [0.2, 0.25) is 0 Å². The third-order valence-electron chi connectivity index (χ3n) is 3.74. The van der Waals surface area contributed by atoms with Crippen molar-refractivity contribution in [1.29, 1.82) is 0 Å². The highest BCUT2D eigenvalue weighted by Gasteiger charge is 2.37. The molecule has 4 heteroatoms. The second kappa shape index (κ2) is 5.25. The van der Waals surface area contributed by atoms with Crippen molar-refractivity contribution in [1.82, 2.24) is 5.32 Å². The Kier molecular flexibility index (Phi) is 4.02. The molecule has 2 rings (SSSR count). The Hall–Kier alpha value is -0.870. The molecule has 0 aliphatic carbocycles. The smallest absolute Gasteiger partial charge is 0.246 e. The van der Waals surface area contributed by atoms with Gasteiger partial charge in [0.05, 0.1) is 5.54 Å². The van der Waals surface area contributed by atoms with Crippen LogP contribution in [0.3, 0.4) is 0 Å². The largest absolute Gasteiger partial charge is 0.308 e. The number of aryl methyl sites for hydroxylation is 1. The molecular formula is C15H21BrN2O. The summed E-state index contributed by atoms with van der Waals surface area (Å²) in [5, 5.41) is 3.33. The third-order valence-corrected chi connectivity index (χ3v) is 4.63. The average molecular weight is 325 g/mol. The number of nitrogens with zero attached hydrogens (tertiary/aromatic N) is 1. The summed E-state index contributed by atoms with van der Waals surface area (Å²) in [7, 11) is 0. The van der Waals surface area contributed by atoms with E-state index in [9.17, 15) is 4.79 Å². The van der Waals surface area contributed by atoms with Gasteiger partial charge in [0.25, 0.3) is 0 Å². The minimum absolute atomic E-state index is 0.138. The molecule has 0 saturated carbocycles. The van der Waals surface area contributed by atoms with Crippen LogP contribution in [0, 0.1) is 6.92 Å². The number of nitrogens with one attached hydrogen (secondary N) is 1. The van der Waals surface area contributed by atoms with Crippen LogP contribution in [-0.2, 0) is 4.79 Å².